The fraction of sp³-hybridized carbons (Fsp3) is 0.348. The summed E-state index contributed by atoms with van der Waals surface area (Å²) in [5.74, 6) is -0.359. The molecule has 6 heteroatoms. The molecule has 2 aromatic carbocycles. The summed E-state index contributed by atoms with van der Waals surface area (Å²) in [4.78, 5) is 18.3. The van der Waals surface area contributed by atoms with Crippen LogP contribution in [-0.2, 0) is 16.0 Å². The van der Waals surface area contributed by atoms with E-state index in [9.17, 15) is 9.18 Å². The Hall–Kier alpha value is -2.70. The molecule has 5 nitrogen and oxygen atoms in total. The molecule has 2 N–H and O–H groups in total. The highest BCUT2D eigenvalue weighted by Gasteiger charge is 2.23. The van der Waals surface area contributed by atoms with Crippen molar-refractivity contribution in [1.82, 2.24) is 15.2 Å². The molecule has 1 atom stereocenters. The van der Waals surface area contributed by atoms with Crippen LogP contribution in [0.4, 0.5) is 4.39 Å². The van der Waals surface area contributed by atoms with Crippen LogP contribution >= 0.6 is 0 Å². The Labute approximate surface area is 169 Å². The molecular weight excluding hydrogens is 369 g/mol. The molecule has 152 valence electrons. The number of halogens is 1. The molecule has 0 aliphatic carbocycles. The number of nitrogens with one attached hydrogen (secondary N) is 2. The van der Waals surface area contributed by atoms with E-state index in [1.165, 1.54) is 17.7 Å². The molecule has 0 bridgehead atoms. The van der Waals surface area contributed by atoms with Crippen LogP contribution < -0.4 is 5.32 Å². The van der Waals surface area contributed by atoms with Crippen LogP contribution in [0.25, 0.3) is 10.9 Å². The largest absolute Gasteiger partial charge is 0.379 e. The van der Waals surface area contributed by atoms with Gasteiger partial charge in [-0.1, -0.05) is 30.3 Å². The molecule has 0 spiro atoms. The number of ether oxygens (including phenoxy) is 1. The first-order valence-corrected chi connectivity index (χ1v) is 10.0. The van der Waals surface area contributed by atoms with Crippen molar-refractivity contribution in [1.29, 1.82) is 0 Å². The Balaban J connectivity index is 1.47. The summed E-state index contributed by atoms with van der Waals surface area (Å²) in [7, 11) is 0. The second kappa shape index (κ2) is 8.76. The summed E-state index contributed by atoms with van der Waals surface area (Å²) in [5, 5.41) is 3.86. The highest BCUT2D eigenvalue weighted by atomic mass is 19.1. The lowest BCUT2D eigenvalue weighted by Gasteiger charge is -2.35. The molecule has 1 saturated heterocycles. The van der Waals surface area contributed by atoms with E-state index >= 15 is 0 Å². The Bertz CT molecular complexity index is 980. The van der Waals surface area contributed by atoms with Crippen LogP contribution in [0.3, 0.4) is 0 Å². The first kappa shape index (κ1) is 19.6. The smallest absolute Gasteiger partial charge is 0.224 e. The monoisotopic (exact) mass is 395 g/mol. The first-order valence-electron chi connectivity index (χ1n) is 10.0. The quantitative estimate of drug-likeness (QED) is 0.673. The summed E-state index contributed by atoms with van der Waals surface area (Å²) in [6.07, 6.45) is 0.222. The maximum absolute atomic E-state index is 13.7. The third-order valence-electron chi connectivity index (χ3n) is 5.58. The number of hydrogen-bond acceptors (Lipinski definition) is 3. The van der Waals surface area contributed by atoms with E-state index in [1.54, 1.807) is 6.07 Å². The van der Waals surface area contributed by atoms with Gasteiger partial charge in [-0.2, -0.15) is 0 Å². The Kier molecular flexibility index (Phi) is 5.92. The number of aryl methyl sites for hydroxylation is 1. The topological polar surface area (TPSA) is 57.4 Å². The van der Waals surface area contributed by atoms with Gasteiger partial charge >= 0.3 is 0 Å². The van der Waals surface area contributed by atoms with Crippen LogP contribution in [0.2, 0.25) is 0 Å². The number of hydrogen-bond donors (Lipinski definition) is 2. The SMILES string of the molecule is Cc1[nH]c2ccc(F)cc2c1CC(=O)NCC(c1ccccc1)N1CCOCC1. The molecule has 0 radical (unpaired) electrons. The molecule has 3 aromatic rings. The van der Waals surface area contributed by atoms with E-state index in [2.05, 4.69) is 27.3 Å². The maximum atomic E-state index is 13.7. The number of H-pyrrole nitrogens is 1. The van der Waals surface area contributed by atoms with Crippen molar-refractivity contribution in [3.63, 3.8) is 0 Å². The van der Waals surface area contributed by atoms with Crippen LogP contribution in [0.1, 0.15) is 22.9 Å². The predicted octanol–water partition coefficient (Wildman–Crippen LogP) is 3.35. The van der Waals surface area contributed by atoms with Gasteiger partial charge in [0.25, 0.3) is 0 Å². The van der Waals surface area contributed by atoms with Gasteiger partial charge < -0.3 is 15.0 Å². The first-order chi connectivity index (χ1) is 14.1. The van der Waals surface area contributed by atoms with Crippen molar-refractivity contribution >= 4 is 16.8 Å². The number of fused-ring (bicyclic) bond motifs is 1. The van der Waals surface area contributed by atoms with Gasteiger partial charge in [0.1, 0.15) is 5.82 Å². The molecule has 0 saturated carbocycles. The second-order valence-electron chi connectivity index (χ2n) is 7.47. The minimum absolute atomic E-state index is 0.0625. The van der Waals surface area contributed by atoms with Gasteiger partial charge in [0.15, 0.2) is 0 Å². The van der Waals surface area contributed by atoms with Gasteiger partial charge in [0.05, 0.1) is 25.7 Å². The third-order valence-corrected chi connectivity index (χ3v) is 5.58. The lowest BCUT2D eigenvalue weighted by Crippen LogP contribution is -2.44. The lowest BCUT2D eigenvalue weighted by molar-refractivity contribution is -0.120. The summed E-state index contributed by atoms with van der Waals surface area (Å²) in [6.45, 7) is 5.54. The average Bonchev–Trinajstić information content (AvgIpc) is 3.04. The van der Waals surface area contributed by atoms with E-state index < -0.39 is 0 Å². The predicted molar refractivity (Wildman–Crippen MR) is 111 cm³/mol. The standard InChI is InChI=1S/C23H26FN3O2/c1-16-19(20-13-18(24)7-8-21(20)26-16)14-23(28)25-15-22(17-5-3-2-4-6-17)27-9-11-29-12-10-27/h2-8,13,22,26H,9-12,14-15H2,1H3,(H,25,28). The molecule has 1 aliphatic rings. The molecule has 1 aliphatic heterocycles. The van der Waals surface area contributed by atoms with Gasteiger partial charge in [-0.3, -0.25) is 9.69 Å². The van der Waals surface area contributed by atoms with Crippen molar-refractivity contribution in [2.24, 2.45) is 0 Å². The molecule has 4 rings (SSSR count). The Morgan fingerprint density at radius 3 is 2.72 bits per heavy atom. The van der Waals surface area contributed by atoms with Crippen LogP contribution in [0.15, 0.2) is 48.5 Å². The number of carbonyl (C=O) groups excluding carboxylic acids is 1. The number of benzene rings is 2. The van der Waals surface area contributed by atoms with Crippen molar-refractivity contribution in [2.75, 3.05) is 32.8 Å². The summed E-state index contributed by atoms with van der Waals surface area (Å²) in [6, 6.07) is 15.0. The van der Waals surface area contributed by atoms with Crippen LogP contribution in [-0.4, -0.2) is 48.6 Å². The second-order valence-corrected chi connectivity index (χ2v) is 7.47. The van der Waals surface area contributed by atoms with Crippen LogP contribution in [0, 0.1) is 12.7 Å². The van der Waals surface area contributed by atoms with E-state index in [0.29, 0.717) is 19.8 Å². The zero-order valence-corrected chi connectivity index (χ0v) is 16.6. The van der Waals surface area contributed by atoms with E-state index in [-0.39, 0.29) is 24.2 Å². The number of morpholine rings is 1. The van der Waals surface area contributed by atoms with E-state index in [1.807, 2.05) is 25.1 Å². The number of carbonyl (C=O) groups is 1. The number of aromatic nitrogens is 1. The molecule has 1 amide bonds. The van der Waals surface area contributed by atoms with E-state index in [0.717, 1.165) is 35.2 Å². The van der Waals surface area contributed by atoms with Gasteiger partial charge in [-0.25, -0.2) is 4.39 Å². The minimum atomic E-state index is -0.297. The Morgan fingerprint density at radius 1 is 1.21 bits per heavy atom. The fourth-order valence-electron chi connectivity index (χ4n) is 4.04. The molecule has 1 fully saturated rings. The molecule has 2 heterocycles. The lowest BCUT2D eigenvalue weighted by atomic mass is 10.0. The maximum Gasteiger partial charge on any atom is 0.224 e. The van der Waals surface area contributed by atoms with Gasteiger partial charge in [0, 0.05) is 36.2 Å². The van der Waals surface area contributed by atoms with Gasteiger partial charge in [-0.05, 0) is 36.2 Å². The zero-order chi connectivity index (χ0) is 20.2. The van der Waals surface area contributed by atoms with Crippen molar-refractivity contribution in [3.8, 4) is 0 Å². The van der Waals surface area contributed by atoms with Crippen molar-refractivity contribution < 1.29 is 13.9 Å². The summed E-state index contributed by atoms with van der Waals surface area (Å²) >= 11 is 0. The number of nitrogens with zero attached hydrogens (tertiary/aromatic N) is 1. The number of amides is 1. The van der Waals surface area contributed by atoms with Gasteiger partial charge in [0.2, 0.25) is 5.91 Å². The normalized spacial score (nSPS) is 16.1. The van der Waals surface area contributed by atoms with E-state index in [4.69, 9.17) is 4.74 Å². The highest BCUT2D eigenvalue weighted by molar-refractivity contribution is 5.90. The molecule has 1 aromatic heterocycles. The average molecular weight is 395 g/mol. The van der Waals surface area contributed by atoms with Crippen molar-refractivity contribution in [2.45, 2.75) is 19.4 Å². The molecule has 29 heavy (non-hydrogen) atoms. The highest BCUT2D eigenvalue weighted by Crippen LogP contribution is 2.24. The minimum Gasteiger partial charge on any atom is -0.379 e. The number of aromatic amines is 1. The Morgan fingerprint density at radius 2 is 1.97 bits per heavy atom. The summed E-state index contributed by atoms with van der Waals surface area (Å²) in [5.41, 5.74) is 3.77. The van der Waals surface area contributed by atoms with Crippen LogP contribution in [0.5, 0.6) is 0 Å². The van der Waals surface area contributed by atoms with Crippen molar-refractivity contribution in [3.05, 3.63) is 71.2 Å². The molecule has 1 unspecified atom stereocenters. The fourth-order valence-corrected chi connectivity index (χ4v) is 4.04. The molecular formula is C23H26FN3O2. The number of rotatable bonds is 6. The summed E-state index contributed by atoms with van der Waals surface area (Å²) < 4.78 is 19.2. The third kappa shape index (κ3) is 4.49. The zero-order valence-electron chi connectivity index (χ0n) is 16.6. The van der Waals surface area contributed by atoms with Gasteiger partial charge in [-0.15, -0.1) is 0 Å².